The molecule has 2 atom stereocenters. The maximum atomic E-state index is 11.5. The van der Waals surface area contributed by atoms with Crippen LogP contribution in [0.25, 0.3) is 0 Å². The summed E-state index contributed by atoms with van der Waals surface area (Å²) >= 11 is 0. The molecule has 0 radical (unpaired) electrons. The summed E-state index contributed by atoms with van der Waals surface area (Å²) in [4.78, 5) is 4.33. The highest BCUT2D eigenvalue weighted by Crippen LogP contribution is 2.30. The minimum atomic E-state index is -2.84. The third-order valence-electron chi connectivity index (χ3n) is 3.30. The molecule has 2 unspecified atom stereocenters. The van der Waals surface area contributed by atoms with Crippen molar-refractivity contribution in [2.75, 3.05) is 18.1 Å². The lowest BCUT2D eigenvalue weighted by molar-refractivity contribution is 0.376. The van der Waals surface area contributed by atoms with Crippen LogP contribution in [0, 0.1) is 5.92 Å². The number of aryl methyl sites for hydroxylation is 1. The summed E-state index contributed by atoms with van der Waals surface area (Å²) in [7, 11) is -0.899. The maximum Gasteiger partial charge on any atom is 0.150 e. The molecule has 0 spiro atoms. The van der Waals surface area contributed by atoms with Gasteiger partial charge in [-0.15, -0.1) is 0 Å². The molecule has 2 rings (SSSR count). The molecule has 0 aromatic carbocycles. The normalized spacial score (nSPS) is 24.9. The van der Waals surface area contributed by atoms with Crippen molar-refractivity contribution in [1.29, 1.82) is 0 Å². The molecule has 1 aliphatic heterocycles. The lowest BCUT2D eigenvalue weighted by atomic mass is 9.98. The highest BCUT2D eigenvalue weighted by Gasteiger charge is 2.35. The first-order chi connectivity index (χ1) is 8.03. The van der Waals surface area contributed by atoms with E-state index in [0.717, 1.165) is 18.8 Å². The number of hydrogen-bond donors (Lipinski definition) is 1. The summed E-state index contributed by atoms with van der Waals surface area (Å²) in [6.45, 7) is 2.84. The second kappa shape index (κ2) is 4.78. The van der Waals surface area contributed by atoms with Crippen LogP contribution in [-0.4, -0.2) is 36.0 Å². The number of hydrogen-bond acceptors (Lipinski definition) is 4. The van der Waals surface area contributed by atoms with Crippen LogP contribution in [0.4, 0.5) is 0 Å². The molecule has 17 heavy (non-hydrogen) atoms. The molecule has 5 nitrogen and oxygen atoms in total. The molecule has 6 heteroatoms. The Kier molecular flexibility index (Phi) is 3.53. The van der Waals surface area contributed by atoms with E-state index in [1.165, 1.54) is 0 Å². The van der Waals surface area contributed by atoms with E-state index in [9.17, 15) is 8.42 Å². The zero-order valence-corrected chi connectivity index (χ0v) is 11.1. The van der Waals surface area contributed by atoms with Gasteiger partial charge in [-0.1, -0.05) is 6.92 Å². The molecular weight excluding hydrogens is 238 g/mol. The smallest absolute Gasteiger partial charge is 0.150 e. The SMILES string of the molecule is CCNC(c1nccn1C)C1CCS(=O)(=O)C1. The van der Waals surface area contributed by atoms with E-state index in [-0.39, 0.29) is 17.7 Å². The highest BCUT2D eigenvalue weighted by molar-refractivity contribution is 7.91. The molecule has 1 fully saturated rings. The van der Waals surface area contributed by atoms with Crippen LogP contribution in [0.2, 0.25) is 0 Å². The van der Waals surface area contributed by atoms with Crippen molar-refractivity contribution in [3.8, 4) is 0 Å². The Morgan fingerprint density at radius 3 is 2.88 bits per heavy atom. The van der Waals surface area contributed by atoms with Crippen molar-refractivity contribution >= 4 is 9.84 Å². The standard InChI is InChI=1S/C11H19N3O2S/c1-3-12-10(11-13-5-6-14(11)2)9-4-7-17(15,16)8-9/h5-6,9-10,12H,3-4,7-8H2,1-2H3. The molecule has 1 saturated heterocycles. The summed E-state index contributed by atoms with van der Waals surface area (Å²) in [5.74, 6) is 1.65. The van der Waals surface area contributed by atoms with E-state index in [1.807, 2.05) is 24.7 Å². The molecular formula is C11H19N3O2S. The second-order valence-electron chi connectivity index (χ2n) is 4.59. The summed E-state index contributed by atoms with van der Waals surface area (Å²) in [5, 5.41) is 3.36. The van der Waals surface area contributed by atoms with Gasteiger partial charge in [-0.2, -0.15) is 0 Å². The number of imidazole rings is 1. The predicted molar refractivity (Wildman–Crippen MR) is 66.4 cm³/mol. The van der Waals surface area contributed by atoms with Crippen molar-refractivity contribution in [2.24, 2.45) is 13.0 Å². The first-order valence-corrected chi connectivity index (χ1v) is 7.76. The number of nitrogens with one attached hydrogen (secondary N) is 1. The molecule has 1 aromatic rings. The lowest BCUT2D eigenvalue weighted by Gasteiger charge is -2.22. The van der Waals surface area contributed by atoms with E-state index >= 15 is 0 Å². The molecule has 0 aliphatic carbocycles. The highest BCUT2D eigenvalue weighted by atomic mass is 32.2. The molecule has 0 bridgehead atoms. The van der Waals surface area contributed by atoms with E-state index in [4.69, 9.17) is 0 Å². The average molecular weight is 257 g/mol. The topological polar surface area (TPSA) is 64.0 Å². The van der Waals surface area contributed by atoms with Gasteiger partial charge in [-0.3, -0.25) is 0 Å². The van der Waals surface area contributed by atoms with Crippen LogP contribution in [0.15, 0.2) is 12.4 Å². The number of rotatable bonds is 4. The zero-order valence-electron chi connectivity index (χ0n) is 10.3. The van der Waals surface area contributed by atoms with Gasteiger partial charge in [0.05, 0.1) is 17.5 Å². The first-order valence-electron chi connectivity index (χ1n) is 5.94. The van der Waals surface area contributed by atoms with E-state index in [0.29, 0.717) is 5.75 Å². The fourth-order valence-corrected chi connectivity index (χ4v) is 4.29. The van der Waals surface area contributed by atoms with Crippen LogP contribution in [0.3, 0.4) is 0 Å². The Bertz CT molecular complexity index is 481. The Balaban J connectivity index is 2.22. The maximum absolute atomic E-state index is 11.5. The Morgan fingerprint density at radius 2 is 2.41 bits per heavy atom. The second-order valence-corrected chi connectivity index (χ2v) is 6.82. The van der Waals surface area contributed by atoms with Crippen LogP contribution in [0.1, 0.15) is 25.2 Å². The van der Waals surface area contributed by atoms with Gasteiger partial charge in [0.25, 0.3) is 0 Å². The Hall–Kier alpha value is -0.880. The van der Waals surface area contributed by atoms with Crippen LogP contribution in [0.5, 0.6) is 0 Å². The van der Waals surface area contributed by atoms with Crippen molar-refractivity contribution in [3.05, 3.63) is 18.2 Å². The van der Waals surface area contributed by atoms with Gasteiger partial charge in [-0.25, -0.2) is 13.4 Å². The molecule has 0 amide bonds. The number of aromatic nitrogens is 2. The summed E-state index contributed by atoms with van der Waals surface area (Å²) < 4.78 is 25.1. The molecule has 0 saturated carbocycles. The fourth-order valence-electron chi connectivity index (χ4n) is 2.45. The molecule has 96 valence electrons. The van der Waals surface area contributed by atoms with Gasteiger partial charge in [-0.05, 0) is 18.9 Å². The van der Waals surface area contributed by atoms with Gasteiger partial charge < -0.3 is 9.88 Å². The lowest BCUT2D eigenvalue weighted by Crippen LogP contribution is -2.31. The fraction of sp³-hybridized carbons (Fsp3) is 0.727. The van der Waals surface area contributed by atoms with Gasteiger partial charge in [0.1, 0.15) is 5.82 Å². The van der Waals surface area contributed by atoms with E-state index in [2.05, 4.69) is 10.3 Å². The molecule has 2 heterocycles. The Labute approximate surface area is 102 Å². The van der Waals surface area contributed by atoms with Crippen molar-refractivity contribution in [3.63, 3.8) is 0 Å². The largest absolute Gasteiger partial charge is 0.337 e. The minimum absolute atomic E-state index is 0.0391. The summed E-state index contributed by atoms with van der Waals surface area (Å²) in [6.07, 6.45) is 4.37. The monoisotopic (exact) mass is 257 g/mol. The van der Waals surface area contributed by atoms with E-state index in [1.54, 1.807) is 6.20 Å². The van der Waals surface area contributed by atoms with Gasteiger partial charge in [0.15, 0.2) is 9.84 Å². The predicted octanol–water partition coefficient (Wildman–Crippen LogP) is 0.505. The van der Waals surface area contributed by atoms with Crippen LogP contribution in [-0.2, 0) is 16.9 Å². The minimum Gasteiger partial charge on any atom is -0.337 e. The van der Waals surface area contributed by atoms with Crippen molar-refractivity contribution in [2.45, 2.75) is 19.4 Å². The molecule has 1 N–H and O–H groups in total. The van der Waals surface area contributed by atoms with Gasteiger partial charge >= 0.3 is 0 Å². The van der Waals surface area contributed by atoms with Crippen molar-refractivity contribution in [1.82, 2.24) is 14.9 Å². The van der Waals surface area contributed by atoms with Crippen molar-refractivity contribution < 1.29 is 8.42 Å². The molecule has 1 aromatic heterocycles. The van der Waals surface area contributed by atoms with E-state index < -0.39 is 9.84 Å². The number of sulfone groups is 1. The first kappa shape index (κ1) is 12.6. The quantitative estimate of drug-likeness (QED) is 0.853. The van der Waals surface area contributed by atoms with Crippen LogP contribution < -0.4 is 5.32 Å². The van der Waals surface area contributed by atoms with Gasteiger partial charge in [0, 0.05) is 19.4 Å². The van der Waals surface area contributed by atoms with Crippen LogP contribution >= 0.6 is 0 Å². The molecule has 1 aliphatic rings. The third-order valence-corrected chi connectivity index (χ3v) is 5.09. The van der Waals surface area contributed by atoms with Gasteiger partial charge in [0.2, 0.25) is 0 Å². The summed E-state index contributed by atoms with van der Waals surface area (Å²) in [5.41, 5.74) is 0. The zero-order chi connectivity index (χ0) is 12.5. The summed E-state index contributed by atoms with van der Waals surface area (Å²) in [6, 6.07) is 0.0391. The average Bonchev–Trinajstić information content (AvgIpc) is 2.81. The third kappa shape index (κ3) is 2.69. The Morgan fingerprint density at radius 1 is 1.65 bits per heavy atom. The number of nitrogens with zero attached hydrogens (tertiary/aromatic N) is 2.